The summed E-state index contributed by atoms with van der Waals surface area (Å²) < 4.78 is 34.8. The molecule has 8 nitrogen and oxygen atoms in total. The molecule has 0 amide bonds. The molecule has 0 aliphatic rings. The zero-order valence-electron chi connectivity index (χ0n) is 39.2. The van der Waals surface area contributed by atoms with E-state index >= 15 is 0 Å². The van der Waals surface area contributed by atoms with Gasteiger partial charge in [0, 0.05) is 19.3 Å². The van der Waals surface area contributed by atoms with Gasteiger partial charge in [-0.2, -0.15) is 0 Å². The van der Waals surface area contributed by atoms with E-state index in [1.54, 1.807) is 24.3 Å². The molecule has 13 heteroatoms. The van der Waals surface area contributed by atoms with Gasteiger partial charge in [-0.1, -0.05) is 184 Å². The molecule has 4 atom stereocenters. The Morgan fingerprint density at radius 3 is 1.68 bits per heavy atom. The second-order valence-electron chi connectivity index (χ2n) is 12.1. The maximum absolute atomic E-state index is 10.4. The zero-order valence-corrected chi connectivity index (χ0v) is 42.4. The van der Waals surface area contributed by atoms with Crippen LogP contribution >= 0.6 is 45.2 Å². The van der Waals surface area contributed by atoms with Crippen LogP contribution in [0.3, 0.4) is 0 Å². The van der Waals surface area contributed by atoms with E-state index in [2.05, 4.69) is 100 Å². The normalized spacial score (nSPS) is 14.2. The number of terminal acetylenes is 1. The number of aliphatic hydroxyl groups is 4. The molecule has 356 valence electrons. The number of allylic oxidation sites excluding steroid dienone is 11. The van der Waals surface area contributed by atoms with Crippen molar-refractivity contribution in [3.8, 4) is 23.8 Å². The van der Waals surface area contributed by atoms with Crippen molar-refractivity contribution < 1.29 is 79.8 Å². The van der Waals surface area contributed by atoms with Crippen molar-refractivity contribution in [3.63, 3.8) is 0 Å². The Balaban J connectivity index is -0.0000000849. The minimum atomic E-state index is -1.15. The number of hydrogen-bond donors (Lipinski definition) is 6. The van der Waals surface area contributed by atoms with Gasteiger partial charge in [0.25, 0.3) is 0 Å². The first-order valence-corrected chi connectivity index (χ1v) is 23.8. The van der Waals surface area contributed by atoms with Crippen molar-refractivity contribution in [2.45, 2.75) is 150 Å². The van der Waals surface area contributed by atoms with E-state index in [-0.39, 0.29) is 126 Å². The van der Waals surface area contributed by atoms with Crippen molar-refractivity contribution in [1.29, 1.82) is 0 Å². The number of hydrogen-bond acceptors (Lipinski definition) is 6. The molecule has 0 bridgehead atoms. The summed E-state index contributed by atoms with van der Waals surface area (Å²) in [5.74, 6) is 3.49. The molecule has 0 aromatic carbocycles. The van der Waals surface area contributed by atoms with E-state index in [1.807, 2.05) is 22.0 Å². The molecule has 0 rings (SSSR count). The minimum Gasteiger partial charge on any atom is -0.481 e. The number of rotatable bonds is 22. The topological polar surface area (TPSA) is 156 Å². The second kappa shape index (κ2) is 64.2. The summed E-state index contributed by atoms with van der Waals surface area (Å²) in [5.41, 5.74) is 3.33. The Kier molecular flexibility index (Phi) is 75.1. The van der Waals surface area contributed by atoms with E-state index in [1.165, 1.54) is 18.2 Å². The molecular weight excluding hydrogens is 1100 g/mol. The molecule has 0 fully saturated rings. The number of aliphatic hydroxyl groups excluding tert-OH is 4. The molecule has 6 N–H and O–H groups in total. The summed E-state index contributed by atoms with van der Waals surface area (Å²) in [5, 5.41) is 53.4. The SMILES string of the molecule is C.C.C#C[C@@H](O)CCCC(=O)O.CC[C@@H](O)/C=C/I.C[Si](C)(C)C#CC/C=C\C/C=C/I.[2H]C(/C=C/[C@H](O)CC)=C(\[2H])C/C=C\C/C=C/C([2H])=C(/[2H])[C@@H](O)CCCC(=O)O.[CH3-].[CH3-].[Cu+].[Cu+]. The van der Waals surface area contributed by atoms with Gasteiger partial charge in [-0.25, -0.2) is 0 Å². The van der Waals surface area contributed by atoms with Gasteiger partial charge in [0.05, 0.1) is 23.8 Å². The third-order valence-electron chi connectivity index (χ3n) is 5.89. The fourth-order valence-corrected chi connectivity index (χ4v) is 4.36. The van der Waals surface area contributed by atoms with Gasteiger partial charge in [-0.3, -0.25) is 9.59 Å². The van der Waals surface area contributed by atoms with Crippen LogP contribution < -0.4 is 0 Å². The van der Waals surface area contributed by atoms with E-state index in [4.69, 9.17) is 32.3 Å². The Bertz CT molecular complexity index is 1480. The molecule has 0 spiro atoms. The van der Waals surface area contributed by atoms with Crippen molar-refractivity contribution in [2.75, 3.05) is 0 Å². The molecule has 0 unspecified atom stereocenters. The minimum absolute atomic E-state index is 0. The van der Waals surface area contributed by atoms with Crippen LogP contribution in [0.15, 0.2) is 93.1 Å². The first kappa shape index (κ1) is 70.2. The fourth-order valence-electron chi connectivity index (χ4n) is 2.95. The maximum atomic E-state index is 10.4. The Labute approximate surface area is 423 Å². The van der Waals surface area contributed by atoms with Crippen LogP contribution in [0.4, 0.5) is 0 Å². The van der Waals surface area contributed by atoms with Crippen LogP contribution in [0, 0.1) is 38.7 Å². The maximum Gasteiger partial charge on any atom is 1.00 e. The molecular formula is C47H80Cu2I2O8Si. The summed E-state index contributed by atoms with van der Waals surface area (Å²) in [4.78, 5) is 20.4. The first-order valence-electron chi connectivity index (χ1n) is 19.8. The summed E-state index contributed by atoms with van der Waals surface area (Å²) in [6.07, 6.45) is 24.8. The van der Waals surface area contributed by atoms with Crippen LogP contribution in [-0.2, 0) is 43.7 Å². The smallest absolute Gasteiger partial charge is 0.481 e. The third-order valence-corrected chi connectivity index (χ3v) is 7.74. The van der Waals surface area contributed by atoms with Gasteiger partial charge in [0.1, 0.15) is 14.2 Å². The van der Waals surface area contributed by atoms with Crippen molar-refractivity contribution in [1.82, 2.24) is 0 Å². The van der Waals surface area contributed by atoms with Crippen molar-refractivity contribution >= 4 is 65.2 Å². The van der Waals surface area contributed by atoms with Crippen LogP contribution in [0.2, 0.25) is 19.6 Å². The molecule has 0 aromatic heterocycles. The average Bonchev–Trinajstić information content (AvgIpc) is 3.17. The molecule has 0 saturated carbocycles. The molecule has 0 heterocycles. The number of carboxylic acid groups (broad SMARTS) is 2. The summed E-state index contributed by atoms with van der Waals surface area (Å²) in [7, 11) is -1.14. The standard InChI is InChI=1S/C20H30O4.C11H17ISi.C7H10O3.C5H9IO.2CH4.2CH3.2Cu/c1-2-18(21)14-11-9-7-5-3-4-6-8-10-12-15-19(22)16-13-17-20(23)24;1-13(2,3)11-9-7-5-4-6-8-10-12;1-2-6(8)4-3-5-7(9)10;1-2-5(7)3-4-6;;;;;;/h3-4,7-12,14-15,18-19,21-22H,2,5-6,13,16-17H2,1H3,(H,23,24);4-5,8,10H,6-7H2,1-3H3;1,6,8H,3-5H2,(H,9,10);3-5,7H,2H2,1H3;2*1H4;2*1H3;;/q;;;;;;2*-1;2*+1/b4-3-,9-7-,10-8+,14-11+,15-12-;5-4-,10-8+;;4-3+;;;;;;/t18-,19-;;6-;5-;;;;;;/m1.11....../s1/i7D,9D,12D,15D;;;;;;;;;. The van der Waals surface area contributed by atoms with E-state index in [0.29, 0.717) is 25.7 Å². The zero-order chi connectivity index (χ0) is 45.4. The number of aliphatic carboxylic acids is 2. The van der Waals surface area contributed by atoms with Gasteiger partial charge < -0.3 is 45.5 Å². The number of halogens is 2. The Morgan fingerprint density at radius 1 is 0.717 bits per heavy atom. The third kappa shape index (κ3) is 87.9. The molecule has 0 aromatic rings. The van der Waals surface area contributed by atoms with Gasteiger partial charge in [0.15, 0.2) is 0 Å². The summed E-state index contributed by atoms with van der Waals surface area (Å²) in [6, 6.07) is -0.217. The largest absolute Gasteiger partial charge is 1.00 e. The summed E-state index contributed by atoms with van der Waals surface area (Å²) >= 11 is 4.31. The quantitative estimate of drug-likeness (QED) is 0.0156. The molecule has 0 aliphatic heterocycles. The Hall–Kier alpha value is -1.46. The molecule has 0 aliphatic carbocycles. The predicted octanol–water partition coefficient (Wildman–Crippen LogP) is 12.2. The number of carbonyl (C=O) groups is 2. The van der Waals surface area contributed by atoms with Gasteiger partial charge >= 0.3 is 46.1 Å². The summed E-state index contributed by atoms with van der Waals surface area (Å²) in [6.45, 7) is 10.6. The van der Waals surface area contributed by atoms with E-state index in [9.17, 15) is 19.8 Å². The first-order chi connectivity index (χ1) is 27.2. The number of carboxylic acids is 2. The average molecular weight is 1190 g/mol. The van der Waals surface area contributed by atoms with Crippen LogP contribution in [-0.4, -0.2) is 75.1 Å². The second-order valence-corrected chi connectivity index (χ2v) is 18.3. The van der Waals surface area contributed by atoms with Gasteiger partial charge in [-0.15, -0.1) is 17.9 Å². The molecule has 60 heavy (non-hydrogen) atoms. The molecule has 0 saturated heterocycles. The van der Waals surface area contributed by atoms with Crippen molar-refractivity contribution in [2.24, 2.45) is 0 Å². The van der Waals surface area contributed by atoms with Gasteiger partial charge in [0.2, 0.25) is 0 Å². The van der Waals surface area contributed by atoms with E-state index in [0.717, 1.165) is 19.3 Å². The molecule has 0 radical (unpaired) electrons. The van der Waals surface area contributed by atoms with Crippen LogP contribution in [0.5, 0.6) is 0 Å². The predicted molar refractivity (Wildman–Crippen MR) is 273 cm³/mol. The van der Waals surface area contributed by atoms with E-state index < -0.39 is 38.3 Å². The monoisotopic (exact) mass is 1180 g/mol. The van der Waals surface area contributed by atoms with Crippen LogP contribution in [0.1, 0.15) is 111 Å². The van der Waals surface area contributed by atoms with Crippen LogP contribution in [0.25, 0.3) is 0 Å². The van der Waals surface area contributed by atoms with Gasteiger partial charge in [-0.05, 0) is 66.0 Å². The van der Waals surface area contributed by atoms with Crippen molar-refractivity contribution in [3.05, 3.63) is 108 Å². The Morgan fingerprint density at radius 2 is 1.22 bits per heavy atom. The fraction of sp³-hybridized carbons (Fsp3) is 0.489.